The van der Waals surface area contributed by atoms with Crippen molar-refractivity contribution < 1.29 is 19.0 Å². The second-order valence-corrected chi connectivity index (χ2v) is 8.54. The van der Waals surface area contributed by atoms with Gasteiger partial charge in [0.25, 0.3) is 0 Å². The van der Waals surface area contributed by atoms with E-state index in [0.717, 1.165) is 5.56 Å². The van der Waals surface area contributed by atoms with Gasteiger partial charge in [-0.2, -0.15) is 0 Å². The molecule has 0 fully saturated rings. The number of esters is 1. The quantitative estimate of drug-likeness (QED) is 0.260. The van der Waals surface area contributed by atoms with Crippen molar-refractivity contribution in [3.05, 3.63) is 94.8 Å². The maximum atomic E-state index is 14.8. The summed E-state index contributed by atoms with van der Waals surface area (Å²) in [6.07, 6.45) is 0. The fourth-order valence-electron chi connectivity index (χ4n) is 3.85. The lowest BCUT2D eigenvalue weighted by Gasteiger charge is -2.20. The molecule has 0 amide bonds. The number of aliphatic imine (C=N–C) groups is 1. The van der Waals surface area contributed by atoms with Crippen molar-refractivity contribution >= 4 is 28.3 Å². The molecule has 0 bridgehead atoms. The first-order chi connectivity index (χ1) is 16.2. The number of aromatic nitrogens is 1. The zero-order valence-corrected chi connectivity index (χ0v) is 19.2. The number of aromatic hydroxyl groups is 1. The molecule has 0 aliphatic carbocycles. The average molecular weight is 460 g/mol. The van der Waals surface area contributed by atoms with Crippen LogP contribution in [0.4, 0.5) is 10.1 Å². The topological polar surface area (TPSA) is 101 Å². The van der Waals surface area contributed by atoms with E-state index >= 15 is 0 Å². The van der Waals surface area contributed by atoms with Gasteiger partial charge < -0.3 is 20.6 Å². The number of aromatic amines is 1. The highest BCUT2D eigenvalue weighted by atomic mass is 19.1. The monoisotopic (exact) mass is 459 g/mol. The highest BCUT2D eigenvalue weighted by Crippen LogP contribution is 2.33. The van der Waals surface area contributed by atoms with Crippen LogP contribution in [0, 0.1) is 5.82 Å². The van der Waals surface area contributed by atoms with Crippen molar-refractivity contribution in [1.82, 2.24) is 4.98 Å². The number of ether oxygens (including phenoxy) is 1. The van der Waals surface area contributed by atoms with Gasteiger partial charge in [-0.3, -0.25) is 0 Å². The highest BCUT2D eigenvalue weighted by Gasteiger charge is 2.22. The molecular formula is C27H26FN3O3. The maximum Gasteiger partial charge on any atom is 0.338 e. The van der Waals surface area contributed by atoms with Gasteiger partial charge in [-0.05, 0) is 45.0 Å². The van der Waals surface area contributed by atoms with Crippen LogP contribution in [0.15, 0.2) is 71.7 Å². The molecule has 4 rings (SSSR count). The molecule has 1 aromatic heterocycles. The molecule has 6 nitrogen and oxygen atoms in total. The average Bonchev–Trinajstić information content (AvgIpc) is 3.12. The summed E-state index contributed by atoms with van der Waals surface area (Å²) in [6, 6.07) is 18.9. The van der Waals surface area contributed by atoms with Gasteiger partial charge in [0, 0.05) is 27.6 Å². The Hall–Kier alpha value is -3.97. The number of benzene rings is 3. The number of hydrogen-bond acceptors (Lipinski definition) is 5. The minimum absolute atomic E-state index is 0.112. The van der Waals surface area contributed by atoms with Gasteiger partial charge in [0.15, 0.2) is 5.88 Å². The summed E-state index contributed by atoms with van der Waals surface area (Å²) < 4.78 is 19.9. The Morgan fingerprint density at radius 2 is 1.82 bits per heavy atom. The molecule has 0 aliphatic rings. The summed E-state index contributed by atoms with van der Waals surface area (Å²) in [7, 11) is 0. The SMILES string of the molecule is CCOC(=O)c1ccc2c(C(=Nc3ccc(C(C)(C)N)c(F)c3)c3ccccc3)c(O)[nH]c2c1. The zero-order chi connectivity index (χ0) is 24.5. The number of H-pyrrole nitrogens is 1. The molecule has 0 spiro atoms. The van der Waals surface area contributed by atoms with Crippen molar-refractivity contribution in [2.75, 3.05) is 6.61 Å². The first kappa shape index (κ1) is 23.2. The molecule has 3 aromatic carbocycles. The summed E-state index contributed by atoms with van der Waals surface area (Å²) in [5.41, 5.74) is 8.53. The number of carbonyl (C=O) groups is 1. The Labute approximate surface area is 196 Å². The molecule has 0 radical (unpaired) electrons. The van der Waals surface area contributed by atoms with Crippen molar-refractivity contribution in [1.29, 1.82) is 0 Å². The number of rotatable bonds is 6. The van der Waals surface area contributed by atoms with Crippen LogP contribution in [0.3, 0.4) is 0 Å². The van der Waals surface area contributed by atoms with Crippen LogP contribution in [0.5, 0.6) is 5.88 Å². The molecule has 4 aromatic rings. The van der Waals surface area contributed by atoms with E-state index in [1.807, 2.05) is 30.3 Å². The molecule has 0 atom stereocenters. The number of nitrogens with one attached hydrogen (secondary N) is 1. The van der Waals surface area contributed by atoms with E-state index in [1.165, 1.54) is 6.07 Å². The number of nitrogens with zero attached hydrogens (tertiary/aromatic N) is 1. The molecule has 4 N–H and O–H groups in total. The molecular weight excluding hydrogens is 433 g/mol. The minimum Gasteiger partial charge on any atom is -0.494 e. The minimum atomic E-state index is -0.833. The number of hydrogen-bond donors (Lipinski definition) is 3. The summed E-state index contributed by atoms with van der Waals surface area (Å²) >= 11 is 0. The third-order valence-corrected chi connectivity index (χ3v) is 5.46. The molecule has 0 saturated heterocycles. The van der Waals surface area contributed by atoms with Crippen molar-refractivity contribution in [3.63, 3.8) is 0 Å². The summed E-state index contributed by atoms with van der Waals surface area (Å²) in [5, 5.41) is 11.5. The van der Waals surface area contributed by atoms with Crippen molar-refractivity contribution in [2.24, 2.45) is 10.7 Å². The van der Waals surface area contributed by atoms with Crippen LogP contribution in [0.2, 0.25) is 0 Å². The van der Waals surface area contributed by atoms with Gasteiger partial charge in [0.05, 0.1) is 29.1 Å². The Balaban J connectivity index is 1.89. The maximum absolute atomic E-state index is 14.8. The van der Waals surface area contributed by atoms with Gasteiger partial charge in [-0.25, -0.2) is 14.2 Å². The third-order valence-electron chi connectivity index (χ3n) is 5.46. The normalized spacial score (nSPS) is 12.2. The first-order valence-electron chi connectivity index (χ1n) is 10.9. The molecule has 7 heteroatoms. The number of nitrogens with two attached hydrogens (primary N) is 1. The molecule has 34 heavy (non-hydrogen) atoms. The Kier molecular flexibility index (Phi) is 6.22. The Morgan fingerprint density at radius 1 is 1.09 bits per heavy atom. The molecule has 0 unspecified atom stereocenters. The lowest BCUT2D eigenvalue weighted by Crippen LogP contribution is -2.29. The predicted octanol–water partition coefficient (Wildman–Crippen LogP) is 5.55. The van der Waals surface area contributed by atoms with Gasteiger partial charge in [0.2, 0.25) is 0 Å². The van der Waals surface area contributed by atoms with Crippen LogP contribution >= 0.6 is 0 Å². The van der Waals surface area contributed by atoms with E-state index in [0.29, 0.717) is 39.0 Å². The summed E-state index contributed by atoms with van der Waals surface area (Å²) in [5.74, 6) is -1.02. The second-order valence-electron chi connectivity index (χ2n) is 8.54. The van der Waals surface area contributed by atoms with E-state index in [1.54, 1.807) is 51.1 Å². The lowest BCUT2D eigenvalue weighted by atomic mass is 9.95. The van der Waals surface area contributed by atoms with Gasteiger partial charge in [0.1, 0.15) is 5.82 Å². The second kappa shape index (κ2) is 9.11. The number of carbonyl (C=O) groups excluding carboxylic acids is 1. The highest BCUT2D eigenvalue weighted by molar-refractivity contribution is 6.22. The summed E-state index contributed by atoms with van der Waals surface area (Å²) in [4.78, 5) is 19.8. The van der Waals surface area contributed by atoms with E-state index in [-0.39, 0.29) is 12.5 Å². The van der Waals surface area contributed by atoms with Gasteiger partial charge in [-0.15, -0.1) is 0 Å². The van der Waals surface area contributed by atoms with Gasteiger partial charge >= 0.3 is 5.97 Å². The van der Waals surface area contributed by atoms with Crippen molar-refractivity contribution in [3.8, 4) is 5.88 Å². The van der Waals surface area contributed by atoms with E-state index in [9.17, 15) is 14.3 Å². The van der Waals surface area contributed by atoms with Crippen LogP contribution in [0.25, 0.3) is 10.9 Å². The molecule has 0 saturated carbocycles. The van der Waals surface area contributed by atoms with Crippen LogP contribution in [0.1, 0.15) is 47.8 Å². The predicted molar refractivity (Wildman–Crippen MR) is 131 cm³/mol. The standard InChI is InChI=1S/C27H26FN3O3/c1-4-34-26(33)17-10-12-19-22(14-17)31-25(32)23(19)24(16-8-6-5-7-9-16)30-18-11-13-20(21(28)15-18)27(2,3)29/h5-15,31-32H,4,29H2,1-3H3. The van der Waals surface area contributed by atoms with Crippen LogP contribution in [-0.2, 0) is 10.3 Å². The van der Waals surface area contributed by atoms with E-state index in [4.69, 9.17) is 15.5 Å². The van der Waals surface area contributed by atoms with Crippen LogP contribution in [-0.4, -0.2) is 28.4 Å². The fourth-order valence-corrected chi connectivity index (χ4v) is 3.85. The molecule has 1 heterocycles. The third kappa shape index (κ3) is 4.56. The zero-order valence-electron chi connectivity index (χ0n) is 19.2. The van der Waals surface area contributed by atoms with E-state index in [2.05, 4.69) is 4.98 Å². The van der Waals surface area contributed by atoms with Crippen LogP contribution < -0.4 is 5.73 Å². The first-order valence-corrected chi connectivity index (χ1v) is 10.9. The largest absolute Gasteiger partial charge is 0.494 e. The fraction of sp³-hybridized carbons (Fsp3) is 0.185. The van der Waals surface area contributed by atoms with Crippen molar-refractivity contribution in [2.45, 2.75) is 26.3 Å². The van der Waals surface area contributed by atoms with Gasteiger partial charge in [-0.1, -0.05) is 42.5 Å². The molecule has 0 aliphatic heterocycles. The molecule has 174 valence electrons. The summed E-state index contributed by atoms with van der Waals surface area (Å²) in [6.45, 7) is 5.47. The lowest BCUT2D eigenvalue weighted by molar-refractivity contribution is 0.0526. The Bertz CT molecular complexity index is 1390. The number of fused-ring (bicyclic) bond motifs is 1. The number of halogens is 1. The Morgan fingerprint density at radius 3 is 2.47 bits per heavy atom. The smallest absolute Gasteiger partial charge is 0.338 e. The van der Waals surface area contributed by atoms with E-state index < -0.39 is 17.3 Å².